The number of benzene rings is 1. The minimum Gasteiger partial charge on any atom is -0.398 e. The molecule has 4 atom stereocenters. The van der Waals surface area contributed by atoms with Crippen LogP contribution in [0.2, 0.25) is 5.02 Å². The van der Waals surface area contributed by atoms with E-state index < -0.39 is 0 Å². The lowest BCUT2D eigenvalue weighted by atomic mass is 9.70. The summed E-state index contributed by atoms with van der Waals surface area (Å²) in [6.45, 7) is 7.35. The third kappa shape index (κ3) is 0.834. The maximum atomic E-state index is 6.28. The lowest BCUT2D eigenvalue weighted by Gasteiger charge is -2.34. The molecule has 18 heavy (non-hydrogen) atoms. The summed E-state index contributed by atoms with van der Waals surface area (Å²) in [5.41, 5.74) is 9.67. The van der Waals surface area contributed by atoms with Gasteiger partial charge in [0.2, 0.25) is 0 Å². The molecule has 4 bridgehead atoms. The molecule has 1 aromatic carbocycles. The second kappa shape index (κ2) is 2.75. The molecule has 0 radical (unpaired) electrons. The van der Waals surface area contributed by atoms with E-state index in [-0.39, 0.29) is 0 Å². The molecular weight excluding hydrogens is 242 g/mol. The van der Waals surface area contributed by atoms with Gasteiger partial charge in [-0.1, -0.05) is 32.4 Å². The van der Waals surface area contributed by atoms with E-state index in [0.29, 0.717) is 16.2 Å². The largest absolute Gasteiger partial charge is 0.398 e. The van der Waals surface area contributed by atoms with Gasteiger partial charge in [-0.25, -0.2) is 0 Å². The van der Waals surface area contributed by atoms with Gasteiger partial charge in [0.15, 0.2) is 0 Å². The first-order chi connectivity index (χ1) is 8.35. The van der Waals surface area contributed by atoms with Gasteiger partial charge in [-0.05, 0) is 59.3 Å². The standard InChI is InChI=1S/C16H20ClN/c1-14(2)9-6-13-15(3,8-9)16(13,14)11-7-10(17)4-5-12(11)18/h4-5,7,9,13H,6,8,18H2,1-3H3/t9-,13+,15-,16-/m1/s1. The second-order valence-electron chi connectivity index (χ2n) is 7.37. The molecule has 0 amide bonds. The predicted molar refractivity (Wildman–Crippen MR) is 75.6 cm³/mol. The number of rotatable bonds is 1. The van der Waals surface area contributed by atoms with Gasteiger partial charge in [-0.15, -0.1) is 0 Å². The van der Waals surface area contributed by atoms with Crippen molar-refractivity contribution in [3.05, 3.63) is 28.8 Å². The molecule has 2 N–H and O–H groups in total. The number of nitrogens with two attached hydrogens (primary N) is 1. The summed E-state index contributed by atoms with van der Waals surface area (Å²) in [6, 6.07) is 6.02. The molecule has 4 saturated carbocycles. The van der Waals surface area contributed by atoms with Gasteiger partial charge >= 0.3 is 0 Å². The fourth-order valence-corrected chi connectivity index (χ4v) is 6.34. The first kappa shape index (κ1) is 11.2. The molecule has 4 fully saturated rings. The summed E-state index contributed by atoms with van der Waals surface area (Å²) < 4.78 is 0. The van der Waals surface area contributed by atoms with Gasteiger partial charge in [0.05, 0.1) is 0 Å². The van der Waals surface area contributed by atoms with Crippen LogP contribution in [0, 0.1) is 22.7 Å². The number of halogens is 1. The quantitative estimate of drug-likeness (QED) is 0.752. The van der Waals surface area contributed by atoms with Crippen LogP contribution in [0.3, 0.4) is 0 Å². The van der Waals surface area contributed by atoms with Crippen molar-refractivity contribution in [2.75, 3.05) is 5.73 Å². The number of nitrogen functional groups attached to an aromatic ring is 1. The highest BCUT2D eigenvalue weighted by molar-refractivity contribution is 6.30. The summed E-state index contributed by atoms with van der Waals surface area (Å²) in [4.78, 5) is 0. The molecule has 2 heteroatoms. The number of anilines is 1. The number of hydrogen-bond acceptors (Lipinski definition) is 1. The molecule has 0 aliphatic heterocycles. The van der Waals surface area contributed by atoms with E-state index >= 15 is 0 Å². The molecule has 1 aromatic rings. The Balaban J connectivity index is 1.99. The van der Waals surface area contributed by atoms with Crippen LogP contribution < -0.4 is 5.73 Å². The van der Waals surface area contributed by atoms with Crippen molar-refractivity contribution in [1.82, 2.24) is 0 Å². The highest BCUT2D eigenvalue weighted by Crippen LogP contribution is 2.92. The highest BCUT2D eigenvalue weighted by atomic mass is 35.5. The van der Waals surface area contributed by atoms with E-state index in [1.165, 1.54) is 18.4 Å². The van der Waals surface area contributed by atoms with Crippen molar-refractivity contribution in [3.63, 3.8) is 0 Å². The average molecular weight is 262 g/mol. The van der Waals surface area contributed by atoms with Gasteiger partial charge in [0.1, 0.15) is 0 Å². The van der Waals surface area contributed by atoms with Crippen LogP contribution in [-0.2, 0) is 5.41 Å². The molecule has 5 rings (SSSR count). The van der Waals surface area contributed by atoms with Crippen molar-refractivity contribution in [2.24, 2.45) is 22.7 Å². The fourth-order valence-electron chi connectivity index (χ4n) is 6.17. The van der Waals surface area contributed by atoms with Crippen molar-refractivity contribution < 1.29 is 0 Å². The van der Waals surface area contributed by atoms with E-state index in [2.05, 4.69) is 26.8 Å². The molecule has 1 nitrogen and oxygen atoms in total. The molecule has 4 aliphatic carbocycles. The highest BCUT2D eigenvalue weighted by Gasteiger charge is 2.89. The zero-order valence-electron chi connectivity index (χ0n) is 11.3. The Morgan fingerprint density at radius 1 is 1.28 bits per heavy atom. The van der Waals surface area contributed by atoms with E-state index in [4.69, 9.17) is 17.3 Å². The summed E-state index contributed by atoms with van der Waals surface area (Å²) in [6.07, 6.45) is 2.76. The maximum absolute atomic E-state index is 6.28. The van der Waals surface area contributed by atoms with Crippen molar-refractivity contribution in [3.8, 4) is 0 Å². The zero-order chi connectivity index (χ0) is 12.9. The molecule has 0 aromatic heterocycles. The molecule has 0 unspecified atom stereocenters. The minimum absolute atomic E-state index is 0.291. The number of hydrogen-bond donors (Lipinski definition) is 1. The Bertz CT molecular complexity index is 564. The Morgan fingerprint density at radius 2 is 2.00 bits per heavy atom. The lowest BCUT2D eigenvalue weighted by Crippen LogP contribution is -2.30. The monoisotopic (exact) mass is 261 g/mol. The zero-order valence-corrected chi connectivity index (χ0v) is 12.0. The normalized spacial score (nSPS) is 46.4. The molecule has 96 valence electrons. The smallest absolute Gasteiger partial charge is 0.0410 e. The van der Waals surface area contributed by atoms with Crippen LogP contribution in [0.5, 0.6) is 0 Å². The molecule has 4 aliphatic rings. The van der Waals surface area contributed by atoms with Crippen LogP contribution >= 0.6 is 11.6 Å². The molecular formula is C16H20ClN. The first-order valence-electron chi connectivity index (χ1n) is 6.91. The first-order valence-corrected chi connectivity index (χ1v) is 7.29. The van der Waals surface area contributed by atoms with Crippen LogP contribution in [0.15, 0.2) is 18.2 Å². The SMILES string of the molecule is CC1(C)[C@@H]2C[C@H]3[C@@](C)(C2)[C@]31c1cc(Cl)ccc1N. The molecule has 0 saturated heterocycles. The van der Waals surface area contributed by atoms with Crippen molar-refractivity contribution >= 4 is 17.3 Å². The van der Waals surface area contributed by atoms with E-state index in [9.17, 15) is 0 Å². The fraction of sp³-hybridized carbons (Fsp3) is 0.625. The third-order valence-electron chi connectivity index (χ3n) is 6.78. The van der Waals surface area contributed by atoms with E-state index in [1.807, 2.05) is 12.1 Å². The predicted octanol–water partition coefficient (Wildman–Crippen LogP) is 4.25. The Hall–Kier alpha value is -0.690. The summed E-state index contributed by atoms with van der Waals surface area (Å²) >= 11 is 6.22. The summed E-state index contributed by atoms with van der Waals surface area (Å²) in [7, 11) is 0. The van der Waals surface area contributed by atoms with E-state index in [0.717, 1.165) is 22.5 Å². The third-order valence-corrected chi connectivity index (χ3v) is 7.01. The average Bonchev–Trinajstić information content (AvgIpc) is 2.56. The minimum atomic E-state index is 0.291. The van der Waals surface area contributed by atoms with Gasteiger partial charge in [-0.3, -0.25) is 0 Å². The molecule has 0 heterocycles. The van der Waals surface area contributed by atoms with Crippen LogP contribution in [0.4, 0.5) is 5.69 Å². The Kier molecular flexibility index (Phi) is 1.70. The van der Waals surface area contributed by atoms with Crippen LogP contribution in [0.25, 0.3) is 0 Å². The maximum Gasteiger partial charge on any atom is 0.0410 e. The van der Waals surface area contributed by atoms with Gasteiger partial charge in [0.25, 0.3) is 0 Å². The Morgan fingerprint density at radius 3 is 2.50 bits per heavy atom. The van der Waals surface area contributed by atoms with Crippen LogP contribution in [-0.4, -0.2) is 0 Å². The Labute approximate surface area is 114 Å². The second-order valence-corrected chi connectivity index (χ2v) is 7.80. The van der Waals surface area contributed by atoms with E-state index in [1.54, 1.807) is 0 Å². The summed E-state index contributed by atoms with van der Waals surface area (Å²) in [5, 5.41) is 0.822. The van der Waals surface area contributed by atoms with Crippen molar-refractivity contribution in [1.29, 1.82) is 0 Å². The molecule has 0 spiro atoms. The van der Waals surface area contributed by atoms with Crippen molar-refractivity contribution in [2.45, 2.75) is 39.0 Å². The lowest BCUT2D eigenvalue weighted by molar-refractivity contribution is 0.238. The van der Waals surface area contributed by atoms with Crippen LogP contribution in [0.1, 0.15) is 39.2 Å². The van der Waals surface area contributed by atoms with Gasteiger partial charge in [0, 0.05) is 16.1 Å². The summed E-state index contributed by atoms with van der Waals surface area (Å²) in [5.74, 6) is 1.69. The topological polar surface area (TPSA) is 26.0 Å². The van der Waals surface area contributed by atoms with Gasteiger partial charge in [-0.2, -0.15) is 0 Å². The van der Waals surface area contributed by atoms with Gasteiger partial charge < -0.3 is 5.73 Å².